The van der Waals surface area contributed by atoms with Crippen molar-refractivity contribution in [2.24, 2.45) is 0 Å². The number of hydrogen-bond donors (Lipinski definition) is 1. The van der Waals surface area contributed by atoms with Crippen molar-refractivity contribution in [1.82, 2.24) is 10.3 Å². The largest absolute Gasteiger partial charge is 0.417 e. The number of carbonyl (C=O) groups is 1. The Labute approximate surface area is 181 Å². The minimum absolute atomic E-state index is 0.0539. The van der Waals surface area contributed by atoms with Gasteiger partial charge in [-0.2, -0.15) is 13.2 Å². The summed E-state index contributed by atoms with van der Waals surface area (Å²) in [6, 6.07) is 11.9. The van der Waals surface area contributed by atoms with Crippen molar-refractivity contribution in [2.45, 2.75) is 12.6 Å². The molecule has 2 aromatic carbocycles. The fraction of sp³-hybridized carbons (Fsp3) is 0.130. The lowest BCUT2D eigenvalue weighted by atomic mass is 10.1. The Bertz CT molecular complexity index is 1150. The van der Waals surface area contributed by atoms with Crippen molar-refractivity contribution in [2.75, 3.05) is 6.54 Å². The zero-order valence-electron chi connectivity index (χ0n) is 15.9. The van der Waals surface area contributed by atoms with Crippen LogP contribution in [0.1, 0.15) is 32.7 Å². The van der Waals surface area contributed by atoms with E-state index in [9.17, 15) is 22.4 Å². The van der Waals surface area contributed by atoms with Gasteiger partial charge < -0.3 is 5.32 Å². The fourth-order valence-corrected chi connectivity index (χ4v) is 2.97. The molecule has 3 nitrogen and oxygen atoms in total. The van der Waals surface area contributed by atoms with Gasteiger partial charge >= 0.3 is 6.18 Å². The lowest BCUT2D eigenvalue weighted by molar-refractivity contribution is -0.137. The molecule has 0 fully saturated rings. The average Bonchev–Trinajstić information content (AvgIpc) is 2.74. The second-order valence-electron chi connectivity index (χ2n) is 6.46. The monoisotopic (exact) mass is 446 g/mol. The number of pyridine rings is 1. The molecule has 1 N–H and O–H groups in total. The first-order chi connectivity index (χ1) is 14.7. The van der Waals surface area contributed by atoms with Crippen molar-refractivity contribution in [3.63, 3.8) is 0 Å². The summed E-state index contributed by atoms with van der Waals surface area (Å²) in [5.74, 6) is 4.55. The SMILES string of the molecule is O=C(NCCc1ncc(C#Cc2ccc(F)cc2)cc1Cl)c1ccccc1C(F)(F)F. The van der Waals surface area contributed by atoms with Gasteiger partial charge in [0.2, 0.25) is 0 Å². The van der Waals surface area contributed by atoms with Crippen molar-refractivity contribution in [3.8, 4) is 11.8 Å². The molecule has 8 heteroatoms. The van der Waals surface area contributed by atoms with Crippen LogP contribution >= 0.6 is 11.6 Å². The molecule has 3 aromatic rings. The summed E-state index contributed by atoms with van der Waals surface area (Å²) in [6.45, 7) is 0.0539. The lowest BCUT2D eigenvalue weighted by Crippen LogP contribution is -2.28. The van der Waals surface area contributed by atoms with Crippen LogP contribution in [-0.4, -0.2) is 17.4 Å². The number of amides is 1. The van der Waals surface area contributed by atoms with E-state index in [0.29, 0.717) is 21.8 Å². The number of benzene rings is 2. The summed E-state index contributed by atoms with van der Waals surface area (Å²) in [6.07, 6.45) is -2.90. The normalized spacial score (nSPS) is 10.9. The Kier molecular flexibility index (Phi) is 6.93. The minimum atomic E-state index is -4.62. The van der Waals surface area contributed by atoms with Crippen LogP contribution in [0.4, 0.5) is 17.6 Å². The number of aromatic nitrogens is 1. The number of carbonyl (C=O) groups excluding carboxylic acids is 1. The highest BCUT2D eigenvalue weighted by atomic mass is 35.5. The fourth-order valence-electron chi connectivity index (χ4n) is 2.71. The van der Waals surface area contributed by atoms with Gasteiger partial charge in [0.15, 0.2) is 0 Å². The second kappa shape index (κ2) is 9.63. The van der Waals surface area contributed by atoms with Gasteiger partial charge in [-0.15, -0.1) is 0 Å². The zero-order valence-corrected chi connectivity index (χ0v) is 16.7. The van der Waals surface area contributed by atoms with Crippen molar-refractivity contribution in [3.05, 3.63) is 99.6 Å². The summed E-state index contributed by atoms with van der Waals surface area (Å²) in [5.41, 5.74) is 0.205. The van der Waals surface area contributed by atoms with E-state index >= 15 is 0 Å². The molecular weight excluding hydrogens is 432 g/mol. The quantitative estimate of drug-likeness (QED) is 0.438. The number of alkyl halides is 3. The lowest BCUT2D eigenvalue weighted by Gasteiger charge is -2.12. The van der Waals surface area contributed by atoms with Crippen LogP contribution in [0.25, 0.3) is 0 Å². The average molecular weight is 447 g/mol. The summed E-state index contributed by atoms with van der Waals surface area (Å²) < 4.78 is 52.0. The second-order valence-corrected chi connectivity index (χ2v) is 6.87. The van der Waals surface area contributed by atoms with E-state index in [1.807, 2.05) is 0 Å². The number of rotatable bonds is 4. The van der Waals surface area contributed by atoms with Gasteiger partial charge in [0.1, 0.15) is 5.82 Å². The molecule has 0 aliphatic heterocycles. The Morgan fingerprint density at radius 1 is 1.03 bits per heavy atom. The maximum atomic E-state index is 13.0. The third-order valence-electron chi connectivity index (χ3n) is 4.24. The van der Waals surface area contributed by atoms with Crippen LogP contribution in [0.15, 0.2) is 60.8 Å². The zero-order chi connectivity index (χ0) is 22.4. The van der Waals surface area contributed by atoms with Gasteiger partial charge in [0.25, 0.3) is 5.91 Å². The smallest absolute Gasteiger partial charge is 0.352 e. The number of nitrogens with one attached hydrogen (secondary N) is 1. The first kappa shape index (κ1) is 22.3. The summed E-state index contributed by atoms with van der Waals surface area (Å²) in [4.78, 5) is 16.4. The highest BCUT2D eigenvalue weighted by Crippen LogP contribution is 2.31. The third kappa shape index (κ3) is 6.06. The van der Waals surface area contributed by atoms with E-state index in [1.54, 1.807) is 18.2 Å². The number of halogens is 5. The van der Waals surface area contributed by atoms with Crippen LogP contribution in [-0.2, 0) is 12.6 Å². The van der Waals surface area contributed by atoms with Crippen molar-refractivity contribution in [1.29, 1.82) is 0 Å². The Hall–Kier alpha value is -3.37. The first-order valence-electron chi connectivity index (χ1n) is 9.10. The van der Waals surface area contributed by atoms with E-state index in [1.165, 1.54) is 30.5 Å². The van der Waals surface area contributed by atoms with Crippen LogP contribution < -0.4 is 5.32 Å². The molecule has 0 aliphatic carbocycles. The van der Waals surface area contributed by atoms with Crippen LogP contribution in [0, 0.1) is 17.7 Å². The number of nitrogens with zero attached hydrogens (tertiary/aromatic N) is 1. The predicted octanol–water partition coefficient (Wildman–Crippen LogP) is 5.27. The minimum Gasteiger partial charge on any atom is -0.352 e. The molecule has 0 aliphatic rings. The van der Waals surface area contributed by atoms with Gasteiger partial charge in [-0.3, -0.25) is 9.78 Å². The Morgan fingerprint density at radius 3 is 2.39 bits per heavy atom. The van der Waals surface area contributed by atoms with Crippen molar-refractivity contribution >= 4 is 17.5 Å². The van der Waals surface area contributed by atoms with E-state index in [-0.39, 0.29) is 18.8 Å². The first-order valence-corrected chi connectivity index (χ1v) is 9.48. The molecule has 0 saturated heterocycles. The summed E-state index contributed by atoms with van der Waals surface area (Å²) in [7, 11) is 0. The van der Waals surface area contributed by atoms with Crippen LogP contribution in [0.5, 0.6) is 0 Å². The molecule has 0 radical (unpaired) electrons. The van der Waals surface area contributed by atoms with Crippen molar-refractivity contribution < 1.29 is 22.4 Å². The molecule has 1 amide bonds. The number of hydrogen-bond acceptors (Lipinski definition) is 2. The van der Waals surface area contributed by atoms with E-state index in [2.05, 4.69) is 22.1 Å². The van der Waals surface area contributed by atoms with Crippen LogP contribution in [0.2, 0.25) is 5.02 Å². The van der Waals surface area contributed by atoms with Gasteiger partial charge in [0, 0.05) is 30.3 Å². The molecule has 1 heterocycles. The summed E-state index contributed by atoms with van der Waals surface area (Å²) in [5, 5.41) is 2.77. The molecule has 0 saturated carbocycles. The molecule has 158 valence electrons. The van der Waals surface area contributed by atoms with E-state index < -0.39 is 23.2 Å². The molecule has 0 atom stereocenters. The highest BCUT2D eigenvalue weighted by Gasteiger charge is 2.34. The van der Waals surface area contributed by atoms with Gasteiger partial charge in [-0.1, -0.05) is 35.6 Å². The topological polar surface area (TPSA) is 42.0 Å². The molecule has 3 rings (SSSR count). The third-order valence-corrected chi connectivity index (χ3v) is 4.56. The maximum absolute atomic E-state index is 13.0. The molecule has 0 unspecified atom stereocenters. The summed E-state index contributed by atoms with van der Waals surface area (Å²) >= 11 is 6.21. The highest BCUT2D eigenvalue weighted by molar-refractivity contribution is 6.31. The van der Waals surface area contributed by atoms with Gasteiger partial charge in [-0.25, -0.2) is 4.39 Å². The molecule has 0 spiro atoms. The van der Waals surface area contributed by atoms with Crippen LogP contribution in [0.3, 0.4) is 0 Å². The molecule has 1 aromatic heterocycles. The Morgan fingerprint density at radius 2 is 1.71 bits per heavy atom. The van der Waals surface area contributed by atoms with E-state index in [0.717, 1.165) is 12.1 Å². The molecule has 0 bridgehead atoms. The van der Waals surface area contributed by atoms with E-state index in [4.69, 9.17) is 11.6 Å². The molecule has 31 heavy (non-hydrogen) atoms. The van der Waals surface area contributed by atoms with Gasteiger partial charge in [0.05, 0.1) is 21.8 Å². The Balaban J connectivity index is 1.62. The predicted molar refractivity (Wildman–Crippen MR) is 109 cm³/mol. The molecular formula is C23H15ClF4N2O. The standard InChI is InChI=1S/C23H15ClF4N2O/c24-20-13-16(6-5-15-7-9-17(25)10-8-15)14-30-21(20)11-12-29-22(31)18-3-1-2-4-19(18)23(26,27)28/h1-4,7-10,13-14H,11-12H2,(H,29,31). The maximum Gasteiger partial charge on any atom is 0.417 e. The van der Waals surface area contributed by atoms with Gasteiger partial charge in [-0.05, 0) is 42.5 Å².